The number of aliphatic hydroxyl groups excluding tert-OH is 1. The van der Waals surface area contributed by atoms with Crippen molar-refractivity contribution < 1.29 is 40.6 Å². The lowest BCUT2D eigenvalue weighted by molar-refractivity contribution is -0.139. The van der Waals surface area contributed by atoms with Crippen molar-refractivity contribution >= 4 is 17.3 Å². The van der Waals surface area contributed by atoms with E-state index in [9.17, 15) is 35.8 Å². The van der Waals surface area contributed by atoms with Crippen LogP contribution < -0.4 is 9.64 Å². The van der Waals surface area contributed by atoms with E-state index in [2.05, 4.69) is 0 Å². The summed E-state index contributed by atoms with van der Waals surface area (Å²) in [5.74, 6) is -0.327. The molecule has 0 bridgehead atoms. The first-order chi connectivity index (χ1) is 19.8. The van der Waals surface area contributed by atoms with Gasteiger partial charge in [-0.15, -0.1) is 0 Å². The minimum absolute atomic E-state index is 0.171. The molecule has 222 valence electrons. The normalized spacial score (nSPS) is 12.7. The van der Waals surface area contributed by atoms with Gasteiger partial charge in [0.05, 0.1) is 23.8 Å². The molecular weight excluding hydrogens is 587 g/mol. The van der Waals surface area contributed by atoms with E-state index in [1.165, 1.54) is 41.3 Å². The number of benzene rings is 4. The van der Waals surface area contributed by atoms with Crippen molar-refractivity contribution in [1.82, 2.24) is 0 Å². The molecule has 1 atom stereocenters. The van der Waals surface area contributed by atoms with Crippen LogP contribution in [0.3, 0.4) is 0 Å². The number of aliphatic hydroxyl groups is 1. The maximum absolute atomic E-state index is 14.9. The second-order valence-electron chi connectivity index (χ2n) is 9.42. The van der Waals surface area contributed by atoms with E-state index in [0.717, 1.165) is 11.6 Å². The Labute approximate surface area is 242 Å². The minimum atomic E-state index is -4.80. The molecule has 0 fully saturated rings. The SMILES string of the molecule is CCc1cc(Oc2cccc(N(Cc3cc(C(F)(F)F)ccc3F)C(CO)c3ccccc3C(F)(F)F)c2)ccc1Cl. The van der Waals surface area contributed by atoms with E-state index >= 15 is 0 Å². The molecular formula is C31H25ClF7NO2. The zero-order valence-corrected chi connectivity index (χ0v) is 22.9. The maximum atomic E-state index is 14.9. The van der Waals surface area contributed by atoms with Gasteiger partial charge in [0.1, 0.15) is 17.3 Å². The van der Waals surface area contributed by atoms with Gasteiger partial charge in [0.2, 0.25) is 0 Å². The van der Waals surface area contributed by atoms with E-state index in [-0.39, 0.29) is 17.0 Å². The van der Waals surface area contributed by atoms with Gasteiger partial charge in [-0.05, 0) is 72.1 Å². The molecule has 0 radical (unpaired) electrons. The maximum Gasteiger partial charge on any atom is 0.416 e. The molecule has 4 rings (SSSR count). The van der Waals surface area contributed by atoms with Crippen LogP contribution in [-0.4, -0.2) is 11.7 Å². The highest BCUT2D eigenvalue weighted by atomic mass is 35.5. The van der Waals surface area contributed by atoms with E-state index in [1.54, 1.807) is 24.3 Å². The van der Waals surface area contributed by atoms with E-state index < -0.39 is 54.1 Å². The summed E-state index contributed by atoms with van der Waals surface area (Å²) in [7, 11) is 0. The number of nitrogens with zero attached hydrogens (tertiary/aromatic N) is 1. The number of anilines is 1. The minimum Gasteiger partial charge on any atom is -0.457 e. The van der Waals surface area contributed by atoms with Crippen molar-refractivity contribution in [3.8, 4) is 11.5 Å². The first-order valence-electron chi connectivity index (χ1n) is 12.8. The molecule has 0 aliphatic rings. The van der Waals surface area contributed by atoms with Gasteiger partial charge in [0.25, 0.3) is 0 Å². The Kier molecular flexibility index (Phi) is 9.37. The topological polar surface area (TPSA) is 32.7 Å². The molecule has 0 aromatic heterocycles. The van der Waals surface area contributed by atoms with Crippen LogP contribution >= 0.6 is 11.6 Å². The van der Waals surface area contributed by atoms with E-state index in [4.69, 9.17) is 16.3 Å². The summed E-state index contributed by atoms with van der Waals surface area (Å²) in [6.07, 6.45) is -8.95. The Morgan fingerprint density at radius 1 is 0.810 bits per heavy atom. The summed E-state index contributed by atoms with van der Waals surface area (Å²) in [5.41, 5.74) is -1.94. The van der Waals surface area contributed by atoms with Gasteiger partial charge in [-0.2, -0.15) is 26.3 Å². The van der Waals surface area contributed by atoms with Crippen LogP contribution in [0.2, 0.25) is 5.02 Å². The molecule has 0 aliphatic carbocycles. The highest BCUT2D eigenvalue weighted by Crippen LogP contribution is 2.40. The highest BCUT2D eigenvalue weighted by Gasteiger charge is 2.37. The van der Waals surface area contributed by atoms with Crippen LogP contribution in [0.25, 0.3) is 0 Å². The lowest BCUT2D eigenvalue weighted by atomic mass is 9.97. The first kappa shape index (κ1) is 31.2. The second kappa shape index (κ2) is 12.6. The number of alkyl halides is 6. The van der Waals surface area contributed by atoms with Gasteiger partial charge in [-0.25, -0.2) is 4.39 Å². The van der Waals surface area contributed by atoms with Gasteiger partial charge in [0.15, 0.2) is 0 Å². The third-order valence-electron chi connectivity index (χ3n) is 6.67. The summed E-state index contributed by atoms with van der Waals surface area (Å²) in [6, 6.07) is 16.0. The van der Waals surface area contributed by atoms with Crippen LogP contribution in [0.1, 0.15) is 40.8 Å². The smallest absolute Gasteiger partial charge is 0.416 e. The van der Waals surface area contributed by atoms with Gasteiger partial charge in [-0.1, -0.05) is 42.8 Å². The molecule has 42 heavy (non-hydrogen) atoms. The Bertz CT molecular complexity index is 1540. The van der Waals surface area contributed by atoms with Crippen LogP contribution in [0.5, 0.6) is 11.5 Å². The van der Waals surface area contributed by atoms with Crippen molar-refractivity contribution in [2.75, 3.05) is 11.5 Å². The average molecular weight is 612 g/mol. The molecule has 3 nitrogen and oxygen atoms in total. The molecule has 4 aromatic carbocycles. The Hall–Kier alpha value is -3.76. The second-order valence-corrected chi connectivity index (χ2v) is 9.83. The fourth-order valence-corrected chi connectivity index (χ4v) is 4.85. The van der Waals surface area contributed by atoms with Crippen LogP contribution in [0, 0.1) is 5.82 Å². The van der Waals surface area contributed by atoms with Crippen molar-refractivity contribution in [3.05, 3.63) is 124 Å². The van der Waals surface area contributed by atoms with Crippen LogP contribution in [0.15, 0.2) is 84.9 Å². The summed E-state index contributed by atoms with van der Waals surface area (Å²) < 4.78 is 103. The number of hydrogen-bond acceptors (Lipinski definition) is 3. The van der Waals surface area contributed by atoms with Crippen LogP contribution in [0.4, 0.5) is 36.4 Å². The first-order valence-corrected chi connectivity index (χ1v) is 13.1. The predicted molar refractivity (Wildman–Crippen MR) is 146 cm³/mol. The molecule has 1 N–H and O–H groups in total. The number of aryl methyl sites for hydroxylation is 1. The zero-order valence-electron chi connectivity index (χ0n) is 22.1. The lowest BCUT2D eigenvalue weighted by Crippen LogP contribution is -2.33. The van der Waals surface area contributed by atoms with Crippen molar-refractivity contribution in [3.63, 3.8) is 0 Å². The number of hydrogen-bond donors (Lipinski definition) is 1. The van der Waals surface area contributed by atoms with Crippen LogP contribution in [-0.2, 0) is 25.3 Å². The highest BCUT2D eigenvalue weighted by molar-refractivity contribution is 6.31. The number of rotatable bonds is 9. The van der Waals surface area contributed by atoms with E-state index in [1.807, 2.05) is 6.92 Å². The lowest BCUT2D eigenvalue weighted by Gasteiger charge is -2.35. The fourth-order valence-electron chi connectivity index (χ4n) is 4.59. The standard InChI is InChI=1S/C31H25ClF7NO2/c1-2-19-15-24(11-12-27(19)32)42-23-7-5-6-22(16-23)40(17-20-14-21(30(34,35)36)10-13-28(20)33)29(18-41)25-8-3-4-9-26(25)31(37,38)39/h3-16,29,41H,2,17-18H2,1H3. The molecule has 0 spiro atoms. The largest absolute Gasteiger partial charge is 0.457 e. The Morgan fingerprint density at radius 3 is 2.19 bits per heavy atom. The quantitative estimate of drug-likeness (QED) is 0.191. The molecule has 0 saturated heterocycles. The van der Waals surface area contributed by atoms with Gasteiger partial charge in [0, 0.05) is 28.9 Å². The average Bonchev–Trinajstić information content (AvgIpc) is 2.94. The van der Waals surface area contributed by atoms with Crippen molar-refractivity contribution in [2.45, 2.75) is 38.3 Å². The van der Waals surface area contributed by atoms with E-state index in [0.29, 0.717) is 35.4 Å². The van der Waals surface area contributed by atoms with Gasteiger partial charge >= 0.3 is 12.4 Å². The van der Waals surface area contributed by atoms with Gasteiger partial charge in [-0.3, -0.25) is 0 Å². The van der Waals surface area contributed by atoms with Crippen molar-refractivity contribution in [1.29, 1.82) is 0 Å². The number of halogens is 8. The number of ether oxygens (including phenoxy) is 1. The molecule has 0 aliphatic heterocycles. The predicted octanol–water partition coefficient (Wildman–Crippen LogP) is 9.61. The third kappa shape index (κ3) is 7.17. The van der Waals surface area contributed by atoms with Gasteiger partial charge < -0.3 is 14.7 Å². The Balaban J connectivity index is 1.83. The Morgan fingerprint density at radius 2 is 1.52 bits per heavy atom. The molecule has 11 heteroatoms. The molecule has 1 unspecified atom stereocenters. The molecule has 4 aromatic rings. The molecule has 0 amide bonds. The summed E-state index contributed by atoms with van der Waals surface area (Å²) in [6.45, 7) is 0.442. The zero-order chi connectivity index (χ0) is 30.7. The fraction of sp³-hybridized carbons (Fsp3) is 0.226. The third-order valence-corrected chi connectivity index (χ3v) is 7.04. The van der Waals surface area contributed by atoms with Crippen molar-refractivity contribution in [2.24, 2.45) is 0 Å². The molecule has 0 heterocycles. The summed E-state index contributed by atoms with van der Waals surface area (Å²) in [4.78, 5) is 1.22. The monoisotopic (exact) mass is 611 g/mol. The molecule has 0 saturated carbocycles. The summed E-state index contributed by atoms with van der Waals surface area (Å²) >= 11 is 6.18. The summed E-state index contributed by atoms with van der Waals surface area (Å²) in [5, 5.41) is 10.9.